The van der Waals surface area contributed by atoms with Gasteiger partial charge in [-0.1, -0.05) is 0 Å². The van der Waals surface area contributed by atoms with Crippen molar-refractivity contribution in [1.82, 2.24) is 15.1 Å². The third-order valence-corrected chi connectivity index (χ3v) is 5.22. The van der Waals surface area contributed by atoms with Gasteiger partial charge in [-0.05, 0) is 52.4 Å². The van der Waals surface area contributed by atoms with Gasteiger partial charge in [-0.15, -0.1) is 0 Å². The Labute approximate surface area is 145 Å². The summed E-state index contributed by atoms with van der Waals surface area (Å²) in [7, 11) is 0. The van der Waals surface area contributed by atoms with Crippen molar-refractivity contribution in [1.29, 1.82) is 0 Å². The van der Waals surface area contributed by atoms with Gasteiger partial charge in [0, 0.05) is 39.2 Å². The van der Waals surface area contributed by atoms with Gasteiger partial charge < -0.3 is 19.9 Å². The second-order valence-electron chi connectivity index (χ2n) is 6.92. The molecule has 138 valence electrons. The number of nitrogens with one attached hydrogen (secondary N) is 1. The van der Waals surface area contributed by atoms with Crippen molar-refractivity contribution in [2.24, 2.45) is 0 Å². The predicted molar refractivity (Wildman–Crippen MR) is 93.9 cm³/mol. The first kappa shape index (κ1) is 19.0. The van der Waals surface area contributed by atoms with Crippen LogP contribution in [0.3, 0.4) is 0 Å². The van der Waals surface area contributed by atoms with E-state index in [0.29, 0.717) is 25.9 Å². The Bertz CT molecular complexity index is 412. The summed E-state index contributed by atoms with van der Waals surface area (Å²) in [6.45, 7) is 8.35. The molecular formula is C18H33N3O3. The molecular weight excluding hydrogens is 306 g/mol. The molecule has 0 radical (unpaired) electrons. The Morgan fingerprint density at radius 2 is 1.92 bits per heavy atom. The van der Waals surface area contributed by atoms with Crippen molar-refractivity contribution in [2.45, 2.75) is 64.4 Å². The monoisotopic (exact) mass is 339 g/mol. The number of hydrogen-bond donors (Lipinski definition) is 1. The van der Waals surface area contributed by atoms with E-state index in [0.717, 1.165) is 51.9 Å². The summed E-state index contributed by atoms with van der Waals surface area (Å²) in [5.74, 6) is 0.168. The van der Waals surface area contributed by atoms with Gasteiger partial charge in [0.05, 0.1) is 12.1 Å². The second-order valence-corrected chi connectivity index (χ2v) is 6.92. The van der Waals surface area contributed by atoms with E-state index in [2.05, 4.69) is 5.32 Å². The SMILES string of the molecule is CCN(CC)C(=O)CCCNC(=O)N1CCCC2(CCCCO2)C1. The largest absolute Gasteiger partial charge is 0.373 e. The molecule has 0 aromatic heterocycles. The molecule has 0 saturated carbocycles. The van der Waals surface area contributed by atoms with Gasteiger partial charge in [-0.25, -0.2) is 4.79 Å². The molecule has 1 unspecified atom stereocenters. The molecule has 2 heterocycles. The number of hydrogen-bond acceptors (Lipinski definition) is 3. The van der Waals surface area contributed by atoms with Crippen molar-refractivity contribution >= 4 is 11.9 Å². The zero-order valence-electron chi connectivity index (χ0n) is 15.3. The third-order valence-electron chi connectivity index (χ3n) is 5.22. The first-order valence-corrected chi connectivity index (χ1v) is 9.55. The Balaban J connectivity index is 1.69. The summed E-state index contributed by atoms with van der Waals surface area (Å²) in [5, 5.41) is 2.97. The van der Waals surface area contributed by atoms with Gasteiger partial charge in [0.2, 0.25) is 5.91 Å². The highest BCUT2D eigenvalue weighted by molar-refractivity contribution is 5.76. The lowest BCUT2D eigenvalue weighted by Gasteiger charge is -2.44. The number of carbonyl (C=O) groups is 2. The third kappa shape index (κ3) is 5.10. The second kappa shape index (κ2) is 9.25. The molecule has 1 spiro atoms. The van der Waals surface area contributed by atoms with Crippen LogP contribution in [-0.2, 0) is 9.53 Å². The summed E-state index contributed by atoms with van der Waals surface area (Å²) in [6, 6.07) is -0.0152. The Morgan fingerprint density at radius 3 is 2.58 bits per heavy atom. The summed E-state index contributed by atoms with van der Waals surface area (Å²) in [6.07, 6.45) is 6.65. The topological polar surface area (TPSA) is 61.9 Å². The fraction of sp³-hybridized carbons (Fsp3) is 0.889. The van der Waals surface area contributed by atoms with E-state index in [1.807, 2.05) is 23.6 Å². The Hall–Kier alpha value is -1.30. The molecule has 6 nitrogen and oxygen atoms in total. The number of carbonyl (C=O) groups excluding carboxylic acids is 2. The smallest absolute Gasteiger partial charge is 0.317 e. The lowest BCUT2D eigenvalue weighted by atomic mass is 9.86. The van der Waals surface area contributed by atoms with Crippen LogP contribution in [0, 0.1) is 0 Å². The molecule has 3 amide bonds. The van der Waals surface area contributed by atoms with Gasteiger partial charge in [0.15, 0.2) is 0 Å². The molecule has 2 aliphatic rings. The van der Waals surface area contributed by atoms with E-state index in [-0.39, 0.29) is 17.5 Å². The molecule has 2 aliphatic heterocycles. The minimum atomic E-state index is -0.105. The molecule has 0 aromatic carbocycles. The van der Waals surface area contributed by atoms with Crippen LogP contribution in [0.4, 0.5) is 4.79 Å². The Kier molecular flexibility index (Phi) is 7.34. The van der Waals surface area contributed by atoms with E-state index in [9.17, 15) is 9.59 Å². The highest BCUT2D eigenvalue weighted by Crippen LogP contribution is 2.33. The molecule has 0 bridgehead atoms. The van der Waals surface area contributed by atoms with E-state index in [4.69, 9.17) is 4.74 Å². The number of amides is 3. The van der Waals surface area contributed by atoms with E-state index < -0.39 is 0 Å². The fourth-order valence-corrected chi connectivity index (χ4v) is 3.78. The molecule has 2 fully saturated rings. The van der Waals surface area contributed by atoms with Crippen molar-refractivity contribution in [2.75, 3.05) is 39.3 Å². The van der Waals surface area contributed by atoms with Crippen molar-refractivity contribution in [3.8, 4) is 0 Å². The number of rotatable bonds is 6. The first-order valence-electron chi connectivity index (χ1n) is 9.55. The van der Waals surface area contributed by atoms with Crippen LogP contribution < -0.4 is 5.32 Å². The summed E-state index contributed by atoms with van der Waals surface area (Å²) in [4.78, 5) is 28.0. The molecule has 0 aliphatic carbocycles. The lowest BCUT2D eigenvalue weighted by Crippen LogP contribution is -2.55. The summed E-state index contributed by atoms with van der Waals surface area (Å²) in [5.41, 5.74) is -0.105. The maximum Gasteiger partial charge on any atom is 0.317 e. The predicted octanol–water partition coefficient (Wildman–Crippen LogP) is 2.38. The van der Waals surface area contributed by atoms with Gasteiger partial charge in [0.1, 0.15) is 0 Å². The maximum absolute atomic E-state index is 12.4. The molecule has 1 atom stereocenters. The number of piperidine rings is 1. The van der Waals surface area contributed by atoms with Crippen LogP contribution >= 0.6 is 0 Å². The average molecular weight is 339 g/mol. The number of urea groups is 1. The number of nitrogens with zero attached hydrogens (tertiary/aromatic N) is 2. The molecule has 24 heavy (non-hydrogen) atoms. The van der Waals surface area contributed by atoms with Crippen LogP contribution in [0.15, 0.2) is 0 Å². The minimum absolute atomic E-state index is 0.0152. The highest BCUT2D eigenvalue weighted by Gasteiger charge is 2.39. The van der Waals surface area contributed by atoms with E-state index in [1.54, 1.807) is 0 Å². The highest BCUT2D eigenvalue weighted by atomic mass is 16.5. The quantitative estimate of drug-likeness (QED) is 0.756. The zero-order valence-corrected chi connectivity index (χ0v) is 15.3. The normalized spacial score (nSPS) is 24.0. The molecule has 6 heteroatoms. The van der Waals surface area contributed by atoms with Crippen LogP contribution in [-0.4, -0.2) is 66.7 Å². The maximum atomic E-state index is 12.4. The van der Waals surface area contributed by atoms with Crippen LogP contribution in [0.25, 0.3) is 0 Å². The molecule has 0 aromatic rings. The van der Waals surface area contributed by atoms with Gasteiger partial charge >= 0.3 is 6.03 Å². The van der Waals surface area contributed by atoms with E-state index in [1.165, 1.54) is 6.42 Å². The number of likely N-dealkylation sites (tertiary alicyclic amines) is 1. The van der Waals surface area contributed by atoms with Gasteiger partial charge in [-0.3, -0.25) is 4.79 Å². The zero-order chi connectivity index (χ0) is 17.4. The van der Waals surface area contributed by atoms with Crippen LogP contribution in [0.5, 0.6) is 0 Å². The molecule has 2 rings (SSSR count). The standard InChI is InChI=1S/C18H33N3O3/c1-3-20(4-2)16(22)9-7-12-19-17(23)21-13-8-11-18(15-21)10-5-6-14-24-18/h3-15H2,1-2H3,(H,19,23). The minimum Gasteiger partial charge on any atom is -0.373 e. The van der Waals surface area contributed by atoms with Gasteiger partial charge in [-0.2, -0.15) is 0 Å². The van der Waals surface area contributed by atoms with E-state index >= 15 is 0 Å². The lowest BCUT2D eigenvalue weighted by molar-refractivity contribution is -0.130. The fourth-order valence-electron chi connectivity index (χ4n) is 3.78. The summed E-state index contributed by atoms with van der Waals surface area (Å²) < 4.78 is 6.02. The van der Waals surface area contributed by atoms with Crippen molar-refractivity contribution in [3.63, 3.8) is 0 Å². The molecule has 1 N–H and O–H groups in total. The average Bonchev–Trinajstić information content (AvgIpc) is 2.60. The summed E-state index contributed by atoms with van der Waals surface area (Å²) >= 11 is 0. The van der Waals surface area contributed by atoms with Gasteiger partial charge in [0.25, 0.3) is 0 Å². The van der Waals surface area contributed by atoms with Crippen molar-refractivity contribution in [3.05, 3.63) is 0 Å². The Morgan fingerprint density at radius 1 is 1.17 bits per heavy atom. The van der Waals surface area contributed by atoms with Crippen LogP contribution in [0.2, 0.25) is 0 Å². The molecule has 2 saturated heterocycles. The number of ether oxygens (including phenoxy) is 1. The van der Waals surface area contributed by atoms with Crippen LogP contribution in [0.1, 0.15) is 58.8 Å². The first-order chi connectivity index (χ1) is 11.6. The van der Waals surface area contributed by atoms with Crippen molar-refractivity contribution < 1.29 is 14.3 Å².